The summed E-state index contributed by atoms with van der Waals surface area (Å²) in [6, 6.07) is 10.8. The normalized spacial score (nSPS) is 14.7. The molecule has 0 atom stereocenters. The monoisotopic (exact) mass is 518 g/mol. The van der Waals surface area contributed by atoms with Gasteiger partial charge < -0.3 is 15.2 Å². The number of H-pyrrole nitrogens is 1. The molecule has 0 spiro atoms. The molecule has 7 nitrogen and oxygen atoms in total. The number of alkyl halides is 3. The number of piperazine rings is 1. The third-order valence-corrected chi connectivity index (χ3v) is 6.42. The molecule has 194 valence electrons. The van der Waals surface area contributed by atoms with Crippen LogP contribution in [0.1, 0.15) is 32.6 Å². The first kappa shape index (κ1) is 25.4. The second-order valence-electron chi connectivity index (χ2n) is 9.22. The molecular formula is C28H25F3N6O. The maximum absolute atomic E-state index is 13.9. The molecule has 3 aromatic heterocycles. The number of hydrogen-bond acceptors (Lipinski definition) is 5. The topological polar surface area (TPSA) is 77.1 Å². The molecule has 0 unspecified atom stereocenters. The molecule has 4 aromatic rings. The zero-order chi connectivity index (χ0) is 26.7. The molecule has 0 saturated carbocycles. The number of halogens is 3. The number of carbonyl (C=O) groups excluding carboxylic acids is 1. The van der Waals surface area contributed by atoms with Crippen molar-refractivity contribution in [2.75, 3.05) is 38.5 Å². The molecule has 2 N–H and O–H groups in total. The standard InChI is InChI=1S/C28H25F3N6O/c1-36-10-12-37(13-11-36)18-23-5-4-22(16-24(23)28(29,30)31)27(38)35-25-15-19(6-8-32-25)2-3-20-14-21-7-9-33-26(21)34-17-20/h4-9,14-17H,10-13,18H2,1H3,(H,33,34)(H,32,35,38). The van der Waals surface area contributed by atoms with Crippen molar-refractivity contribution in [1.82, 2.24) is 24.8 Å². The van der Waals surface area contributed by atoms with Crippen LogP contribution in [0, 0.1) is 11.8 Å². The maximum Gasteiger partial charge on any atom is 0.416 e. The lowest BCUT2D eigenvalue weighted by molar-refractivity contribution is -0.138. The zero-order valence-corrected chi connectivity index (χ0v) is 20.6. The van der Waals surface area contributed by atoms with Gasteiger partial charge in [-0.2, -0.15) is 13.2 Å². The van der Waals surface area contributed by atoms with Gasteiger partial charge in [0.25, 0.3) is 5.91 Å². The summed E-state index contributed by atoms with van der Waals surface area (Å²) in [5.41, 5.74) is 1.33. The van der Waals surface area contributed by atoms with E-state index in [1.54, 1.807) is 24.5 Å². The third kappa shape index (κ3) is 6.02. The quantitative estimate of drug-likeness (QED) is 0.393. The average Bonchev–Trinajstić information content (AvgIpc) is 3.37. The van der Waals surface area contributed by atoms with Crippen molar-refractivity contribution in [3.63, 3.8) is 0 Å². The summed E-state index contributed by atoms with van der Waals surface area (Å²) in [6.07, 6.45) is 0.352. The first-order valence-corrected chi connectivity index (χ1v) is 12.1. The molecule has 1 amide bonds. The molecular weight excluding hydrogens is 493 g/mol. The van der Waals surface area contributed by atoms with Crippen LogP contribution in [-0.4, -0.2) is 63.9 Å². The highest BCUT2D eigenvalue weighted by molar-refractivity contribution is 6.04. The predicted molar refractivity (Wildman–Crippen MR) is 138 cm³/mol. The molecule has 5 rings (SSSR count). The van der Waals surface area contributed by atoms with E-state index in [0.29, 0.717) is 18.7 Å². The highest BCUT2D eigenvalue weighted by Crippen LogP contribution is 2.33. The Labute approximate surface area is 217 Å². The average molecular weight is 519 g/mol. The summed E-state index contributed by atoms with van der Waals surface area (Å²) in [5, 5.41) is 3.52. The fourth-order valence-electron chi connectivity index (χ4n) is 4.28. The van der Waals surface area contributed by atoms with Crippen LogP contribution in [0.2, 0.25) is 0 Å². The number of rotatable bonds is 4. The van der Waals surface area contributed by atoms with Crippen molar-refractivity contribution in [2.24, 2.45) is 0 Å². The number of aromatic nitrogens is 3. The van der Waals surface area contributed by atoms with Crippen LogP contribution in [-0.2, 0) is 12.7 Å². The van der Waals surface area contributed by atoms with Gasteiger partial charge >= 0.3 is 6.18 Å². The molecule has 4 heterocycles. The van der Waals surface area contributed by atoms with Gasteiger partial charge in [0.1, 0.15) is 11.5 Å². The van der Waals surface area contributed by atoms with E-state index >= 15 is 0 Å². The van der Waals surface area contributed by atoms with Crippen LogP contribution < -0.4 is 5.32 Å². The Hall–Kier alpha value is -4.20. The van der Waals surface area contributed by atoms with Crippen LogP contribution in [0.4, 0.5) is 19.0 Å². The Morgan fingerprint density at radius 2 is 1.82 bits per heavy atom. The van der Waals surface area contributed by atoms with Crippen molar-refractivity contribution >= 4 is 22.8 Å². The first-order chi connectivity index (χ1) is 18.2. The molecule has 1 saturated heterocycles. The maximum atomic E-state index is 13.9. The summed E-state index contributed by atoms with van der Waals surface area (Å²) >= 11 is 0. The largest absolute Gasteiger partial charge is 0.416 e. The van der Waals surface area contributed by atoms with Gasteiger partial charge in [-0.1, -0.05) is 17.9 Å². The van der Waals surface area contributed by atoms with Crippen LogP contribution in [0.15, 0.2) is 61.1 Å². The van der Waals surface area contributed by atoms with Gasteiger partial charge in [-0.25, -0.2) is 9.97 Å². The van der Waals surface area contributed by atoms with Crippen LogP contribution >= 0.6 is 0 Å². The van der Waals surface area contributed by atoms with Crippen LogP contribution in [0.5, 0.6) is 0 Å². The lowest BCUT2D eigenvalue weighted by Crippen LogP contribution is -2.44. The van der Waals surface area contributed by atoms with Gasteiger partial charge in [0.2, 0.25) is 0 Å². The molecule has 0 radical (unpaired) electrons. The van der Waals surface area contributed by atoms with E-state index < -0.39 is 17.6 Å². The van der Waals surface area contributed by atoms with Gasteiger partial charge in [-0.3, -0.25) is 9.69 Å². The van der Waals surface area contributed by atoms with Gasteiger partial charge in [-0.15, -0.1) is 0 Å². The SMILES string of the molecule is CN1CCN(Cc2ccc(C(=O)Nc3cc(C#Cc4cnc5[nH]ccc5c4)ccn3)cc2C(F)(F)F)CC1. The molecule has 1 aromatic carbocycles. The van der Waals surface area contributed by atoms with Crippen molar-refractivity contribution in [2.45, 2.75) is 12.7 Å². The number of hydrogen-bond donors (Lipinski definition) is 2. The molecule has 0 bridgehead atoms. The van der Waals surface area contributed by atoms with E-state index in [-0.39, 0.29) is 23.5 Å². The Morgan fingerprint density at radius 1 is 1.03 bits per heavy atom. The number of fused-ring (bicyclic) bond motifs is 1. The van der Waals surface area contributed by atoms with Gasteiger partial charge in [0.05, 0.1) is 5.56 Å². The number of likely N-dealkylation sites (N-methyl/N-ethyl adjacent to an activating group) is 1. The summed E-state index contributed by atoms with van der Waals surface area (Å²) in [6.45, 7) is 3.17. The highest BCUT2D eigenvalue weighted by atomic mass is 19.4. The number of nitrogens with zero attached hydrogens (tertiary/aromatic N) is 4. The lowest BCUT2D eigenvalue weighted by Gasteiger charge is -2.33. The summed E-state index contributed by atoms with van der Waals surface area (Å²) in [5.74, 6) is 5.54. The van der Waals surface area contributed by atoms with E-state index in [0.717, 1.165) is 35.8 Å². The molecule has 38 heavy (non-hydrogen) atoms. The molecule has 10 heteroatoms. The lowest BCUT2D eigenvalue weighted by atomic mass is 10.0. The molecule has 1 aliphatic rings. The van der Waals surface area contributed by atoms with Crippen LogP contribution in [0.3, 0.4) is 0 Å². The highest BCUT2D eigenvalue weighted by Gasteiger charge is 2.34. The smallest absolute Gasteiger partial charge is 0.346 e. The summed E-state index contributed by atoms with van der Waals surface area (Å²) < 4.78 is 41.7. The molecule has 1 fully saturated rings. The summed E-state index contributed by atoms with van der Waals surface area (Å²) in [7, 11) is 1.99. The fourth-order valence-corrected chi connectivity index (χ4v) is 4.28. The Kier molecular flexibility index (Phi) is 7.13. The van der Waals surface area contributed by atoms with E-state index in [2.05, 4.69) is 37.0 Å². The van der Waals surface area contributed by atoms with Crippen molar-refractivity contribution < 1.29 is 18.0 Å². The van der Waals surface area contributed by atoms with E-state index in [9.17, 15) is 18.0 Å². The van der Waals surface area contributed by atoms with Gasteiger partial charge in [0.15, 0.2) is 0 Å². The van der Waals surface area contributed by atoms with Crippen LogP contribution in [0.25, 0.3) is 11.0 Å². The Bertz CT molecular complexity index is 1530. The van der Waals surface area contributed by atoms with Gasteiger partial charge in [0, 0.05) is 73.4 Å². The minimum Gasteiger partial charge on any atom is -0.346 e. The van der Waals surface area contributed by atoms with Crippen molar-refractivity contribution in [3.8, 4) is 11.8 Å². The number of nitrogens with one attached hydrogen (secondary N) is 2. The second kappa shape index (κ2) is 10.7. The van der Waals surface area contributed by atoms with Crippen molar-refractivity contribution in [3.05, 3.63) is 88.9 Å². The zero-order valence-electron chi connectivity index (χ0n) is 20.6. The fraction of sp³-hybridized carbons (Fsp3) is 0.250. The molecule has 1 aliphatic heterocycles. The number of carbonyl (C=O) groups is 1. The van der Waals surface area contributed by atoms with E-state index in [1.807, 2.05) is 24.1 Å². The number of aromatic amines is 1. The van der Waals surface area contributed by atoms with Crippen molar-refractivity contribution in [1.29, 1.82) is 0 Å². The van der Waals surface area contributed by atoms with E-state index in [4.69, 9.17) is 0 Å². The van der Waals surface area contributed by atoms with E-state index in [1.165, 1.54) is 18.3 Å². The predicted octanol–water partition coefficient (Wildman–Crippen LogP) is 4.38. The second-order valence-corrected chi connectivity index (χ2v) is 9.22. The minimum absolute atomic E-state index is 0.0939. The third-order valence-electron chi connectivity index (χ3n) is 6.42. The number of amides is 1. The Morgan fingerprint density at radius 3 is 2.61 bits per heavy atom. The Balaban J connectivity index is 1.31. The molecule has 0 aliphatic carbocycles. The first-order valence-electron chi connectivity index (χ1n) is 12.1. The minimum atomic E-state index is -4.58. The number of benzene rings is 1. The number of pyridine rings is 2. The van der Waals surface area contributed by atoms with Gasteiger partial charge in [-0.05, 0) is 49.0 Å². The summed E-state index contributed by atoms with van der Waals surface area (Å²) in [4.78, 5) is 28.4. The number of anilines is 1.